The third-order valence-electron chi connectivity index (χ3n) is 9.08. The van der Waals surface area contributed by atoms with Crippen LogP contribution in [-0.4, -0.2) is 57.8 Å². The molecule has 2 fully saturated rings. The van der Waals surface area contributed by atoms with Crippen molar-refractivity contribution in [3.8, 4) is 11.1 Å². The van der Waals surface area contributed by atoms with E-state index in [4.69, 9.17) is 11.6 Å². The lowest BCUT2D eigenvalue weighted by Crippen LogP contribution is -2.29. The molecular weight excluding hydrogens is 596 g/mol. The van der Waals surface area contributed by atoms with E-state index in [9.17, 15) is 9.59 Å². The summed E-state index contributed by atoms with van der Waals surface area (Å²) in [6.45, 7) is 10.1. The molecule has 8 nitrogen and oxygen atoms in total. The molecule has 238 valence electrons. The lowest BCUT2D eigenvalue weighted by Gasteiger charge is -2.26. The summed E-state index contributed by atoms with van der Waals surface area (Å²) in [4.78, 5) is 40.2. The number of aryl methyl sites for hydroxylation is 1. The van der Waals surface area contributed by atoms with Gasteiger partial charge in [0.05, 0.1) is 10.7 Å². The van der Waals surface area contributed by atoms with Gasteiger partial charge in [-0.05, 0) is 118 Å². The molecule has 46 heavy (non-hydrogen) atoms. The number of hydrogen-bond acceptors (Lipinski definition) is 6. The predicted octanol–water partition coefficient (Wildman–Crippen LogP) is 7.50. The Morgan fingerprint density at radius 3 is 2.02 bits per heavy atom. The molecule has 2 N–H and O–H groups in total. The fourth-order valence-corrected chi connectivity index (χ4v) is 6.63. The molecule has 2 amide bonds. The summed E-state index contributed by atoms with van der Waals surface area (Å²) in [5.74, 6) is -0.590. The van der Waals surface area contributed by atoms with E-state index in [1.165, 1.54) is 32.1 Å². The van der Waals surface area contributed by atoms with Crippen LogP contribution in [0.25, 0.3) is 11.1 Å². The number of carbonyl (C=O) groups excluding carboxylic acids is 2. The highest BCUT2D eigenvalue weighted by Crippen LogP contribution is 2.37. The molecule has 0 saturated carbocycles. The number of anilines is 2. The van der Waals surface area contributed by atoms with Gasteiger partial charge in [0.25, 0.3) is 11.8 Å². The SMILES string of the molecule is Cc1cc(C(=O)Nc2cccc(-c3cccc(NC(=O)c4ccc(CN5CCCC5)cn4)c3Cl)c2C)ncc1CN1CCCCC1. The van der Waals surface area contributed by atoms with Gasteiger partial charge in [-0.2, -0.15) is 0 Å². The number of rotatable bonds is 9. The summed E-state index contributed by atoms with van der Waals surface area (Å²) in [6.07, 6.45) is 9.84. The highest BCUT2D eigenvalue weighted by molar-refractivity contribution is 6.36. The second-order valence-electron chi connectivity index (χ2n) is 12.4. The highest BCUT2D eigenvalue weighted by Gasteiger charge is 2.19. The van der Waals surface area contributed by atoms with Crippen molar-refractivity contribution in [2.75, 3.05) is 36.8 Å². The monoisotopic (exact) mass is 636 g/mol. The molecule has 0 spiro atoms. The molecule has 4 aromatic rings. The van der Waals surface area contributed by atoms with Gasteiger partial charge in [0.15, 0.2) is 0 Å². The Hall–Kier alpha value is -4.11. The lowest BCUT2D eigenvalue weighted by molar-refractivity contribution is 0.101. The first-order chi connectivity index (χ1) is 22.4. The molecule has 0 radical (unpaired) electrons. The van der Waals surface area contributed by atoms with E-state index in [2.05, 4.69) is 30.4 Å². The van der Waals surface area contributed by atoms with Crippen molar-refractivity contribution in [3.63, 3.8) is 0 Å². The molecule has 0 atom stereocenters. The third kappa shape index (κ3) is 7.47. The number of pyridine rings is 2. The first kappa shape index (κ1) is 31.9. The van der Waals surface area contributed by atoms with Gasteiger partial charge in [-0.15, -0.1) is 0 Å². The van der Waals surface area contributed by atoms with E-state index in [1.54, 1.807) is 18.3 Å². The summed E-state index contributed by atoms with van der Waals surface area (Å²) < 4.78 is 0. The molecule has 4 heterocycles. The van der Waals surface area contributed by atoms with Crippen molar-refractivity contribution in [2.24, 2.45) is 0 Å². The number of hydrogen-bond donors (Lipinski definition) is 2. The van der Waals surface area contributed by atoms with E-state index in [0.29, 0.717) is 27.8 Å². The molecule has 2 saturated heterocycles. The summed E-state index contributed by atoms with van der Waals surface area (Å²) in [6, 6.07) is 16.8. The number of halogens is 1. The van der Waals surface area contributed by atoms with Crippen LogP contribution in [0.15, 0.2) is 67.0 Å². The van der Waals surface area contributed by atoms with E-state index < -0.39 is 0 Å². The highest BCUT2D eigenvalue weighted by atomic mass is 35.5. The summed E-state index contributed by atoms with van der Waals surface area (Å²) in [5.41, 5.74) is 7.64. The first-order valence-electron chi connectivity index (χ1n) is 16.2. The van der Waals surface area contributed by atoms with Crippen molar-refractivity contribution >= 4 is 34.8 Å². The average molecular weight is 637 g/mol. The smallest absolute Gasteiger partial charge is 0.274 e. The number of carbonyl (C=O) groups is 2. The molecule has 2 aromatic heterocycles. The predicted molar refractivity (Wildman–Crippen MR) is 184 cm³/mol. The lowest BCUT2D eigenvalue weighted by atomic mass is 9.98. The number of piperidine rings is 1. The van der Waals surface area contributed by atoms with Gasteiger partial charge in [-0.1, -0.05) is 48.4 Å². The van der Waals surface area contributed by atoms with Crippen LogP contribution in [0.4, 0.5) is 11.4 Å². The summed E-state index contributed by atoms with van der Waals surface area (Å²) >= 11 is 6.88. The zero-order valence-electron chi connectivity index (χ0n) is 26.6. The third-order valence-corrected chi connectivity index (χ3v) is 9.48. The molecule has 2 aliphatic rings. The Morgan fingerprint density at radius 2 is 1.33 bits per heavy atom. The minimum atomic E-state index is -0.325. The maximum Gasteiger partial charge on any atom is 0.274 e. The summed E-state index contributed by atoms with van der Waals surface area (Å²) in [7, 11) is 0. The Kier molecular flexibility index (Phi) is 10.1. The molecule has 9 heteroatoms. The second-order valence-corrected chi connectivity index (χ2v) is 12.8. The van der Waals surface area contributed by atoms with Crippen LogP contribution in [0.3, 0.4) is 0 Å². The second kappa shape index (κ2) is 14.5. The largest absolute Gasteiger partial charge is 0.320 e. The van der Waals surface area contributed by atoms with Gasteiger partial charge in [-0.25, -0.2) is 0 Å². The van der Waals surface area contributed by atoms with E-state index in [0.717, 1.165) is 72.6 Å². The maximum absolute atomic E-state index is 13.3. The Bertz CT molecular complexity index is 1710. The standard InChI is InChI=1S/C37H41ClN6O2/c1-25-20-34(40-22-28(25)24-44-16-4-3-5-17-44)37(46)41-31-12-8-10-29(26(31)2)30-11-9-13-32(35(30)38)42-36(45)33-15-14-27(21-39-33)23-43-18-6-7-19-43/h8-15,20-22H,3-7,16-19,23-24H2,1-2H3,(H,41,46)(H,42,45). The van der Waals surface area contributed by atoms with Gasteiger partial charge in [0, 0.05) is 36.7 Å². The van der Waals surface area contributed by atoms with E-state index >= 15 is 0 Å². The van der Waals surface area contributed by atoms with Gasteiger partial charge < -0.3 is 10.6 Å². The fraction of sp³-hybridized carbons (Fsp3) is 0.351. The maximum atomic E-state index is 13.3. The van der Waals surface area contributed by atoms with Crippen LogP contribution in [0.1, 0.15) is 75.3 Å². The number of nitrogens with one attached hydrogen (secondary N) is 2. The minimum absolute atomic E-state index is 0.265. The van der Waals surface area contributed by atoms with Crippen LogP contribution in [0.5, 0.6) is 0 Å². The molecule has 0 aliphatic carbocycles. The van der Waals surface area contributed by atoms with Crippen molar-refractivity contribution in [1.82, 2.24) is 19.8 Å². The normalized spacial score (nSPS) is 15.5. The molecule has 2 aromatic carbocycles. The number of likely N-dealkylation sites (tertiary alicyclic amines) is 2. The van der Waals surface area contributed by atoms with Crippen LogP contribution >= 0.6 is 11.6 Å². The number of amides is 2. The average Bonchev–Trinajstić information content (AvgIpc) is 3.58. The van der Waals surface area contributed by atoms with Crippen molar-refractivity contribution in [2.45, 2.75) is 59.0 Å². The molecule has 6 rings (SSSR count). The van der Waals surface area contributed by atoms with Crippen LogP contribution in [-0.2, 0) is 13.1 Å². The van der Waals surface area contributed by atoms with Gasteiger partial charge in [0.2, 0.25) is 0 Å². The number of benzene rings is 2. The van der Waals surface area contributed by atoms with Crippen LogP contribution in [0.2, 0.25) is 5.02 Å². The van der Waals surface area contributed by atoms with Crippen molar-refractivity contribution in [1.29, 1.82) is 0 Å². The van der Waals surface area contributed by atoms with Gasteiger partial charge in [-0.3, -0.25) is 29.4 Å². The van der Waals surface area contributed by atoms with Crippen molar-refractivity contribution < 1.29 is 9.59 Å². The minimum Gasteiger partial charge on any atom is -0.320 e. The first-order valence-corrected chi connectivity index (χ1v) is 16.6. The fourth-order valence-electron chi connectivity index (χ4n) is 6.36. The van der Waals surface area contributed by atoms with Crippen LogP contribution in [0, 0.1) is 13.8 Å². The van der Waals surface area contributed by atoms with Gasteiger partial charge >= 0.3 is 0 Å². The molecule has 0 bridgehead atoms. The van der Waals surface area contributed by atoms with E-state index in [-0.39, 0.29) is 11.8 Å². The molecule has 0 unspecified atom stereocenters. The Balaban J connectivity index is 1.14. The summed E-state index contributed by atoms with van der Waals surface area (Å²) in [5, 5.41) is 6.38. The molecular formula is C37H41ClN6O2. The van der Waals surface area contributed by atoms with E-state index in [1.807, 2.05) is 62.5 Å². The zero-order chi connectivity index (χ0) is 32.0. The number of aromatic nitrogens is 2. The zero-order valence-corrected chi connectivity index (χ0v) is 27.4. The Labute approximate surface area is 276 Å². The van der Waals surface area contributed by atoms with Crippen LogP contribution < -0.4 is 10.6 Å². The Morgan fingerprint density at radius 1 is 0.717 bits per heavy atom. The quantitative estimate of drug-likeness (QED) is 0.198. The molecule has 2 aliphatic heterocycles. The number of nitrogens with zero attached hydrogens (tertiary/aromatic N) is 4. The topological polar surface area (TPSA) is 90.5 Å². The van der Waals surface area contributed by atoms with Crippen molar-refractivity contribution in [3.05, 3.63) is 106 Å². The van der Waals surface area contributed by atoms with Gasteiger partial charge in [0.1, 0.15) is 11.4 Å².